The number of rotatable bonds is 8. The molecule has 0 aliphatic carbocycles. The zero-order chi connectivity index (χ0) is 24.9. The zero-order valence-electron chi connectivity index (χ0n) is 19.3. The van der Waals surface area contributed by atoms with Crippen LogP contribution in [0, 0.1) is 5.92 Å². The minimum atomic E-state index is -1.85. The molecular weight excluding hydrogens is 473 g/mol. The van der Waals surface area contributed by atoms with Crippen molar-refractivity contribution in [3.05, 3.63) is 46.9 Å². The Labute approximate surface area is 202 Å². The minimum Gasteiger partial charge on any atom is -0.508 e. The van der Waals surface area contributed by atoms with Gasteiger partial charge in [0.15, 0.2) is 8.38 Å². The molecule has 4 N–H and O–H groups in total. The number of hydrogen-bond acceptors (Lipinski definition) is 9. The molecule has 1 fully saturated rings. The van der Waals surface area contributed by atoms with E-state index in [0.717, 1.165) is 37.0 Å². The quantitative estimate of drug-likeness (QED) is 0.269. The number of hydrogen-bond donors (Lipinski definition) is 4. The van der Waals surface area contributed by atoms with Crippen LogP contribution in [-0.4, -0.2) is 61.9 Å². The van der Waals surface area contributed by atoms with Gasteiger partial charge in [0.1, 0.15) is 23.5 Å². The lowest BCUT2D eigenvalue weighted by atomic mass is 9.94. The van der Waals surface area contributed by atoms with Crippen molar-refractivity contribution in [1.29, 1.82) is 0 Å². The molecule has 1 aromatic carbocycles. The summed E-state index contributed by atoms with van der Waals surface area (Å²) in [6.07, 6.45) is 4.59. The van der Waals surface area contributed by atoms with E-state index in [-0.39, 0.29) is 23.6 Å². The van der Waals surface area contributed by atoms with Gasteiger partial charge in [-0.05, 0) is 55.5 Å². The molecule has 1 aliphatic rings. The number of amides is 1. The maximum absolute atomic E-state index is 13.1. The van der Waals surface area contributed by atoms with Gasteiger partial charge in [-0.1, -0.05) is 0 Å². The first-order valence-corrected chi connectivity index (χ1v) is 12.7. The third-order valence-electron chi connectivity index (χ3n) is 6.10. The van der Waals surface area contributed by atoms with Crippen LogP contribution in [0.25, 0.3) is 10.8 Å². The molecule has 0 spiro atoms. The minimum absolute atomic E-state index is 0.0842. The molecule has 1 amide bonds. The Morgan fingerprint density at radius 1 is 1.23 bits per heavy atom. The molecule has 0 unspecified atom stereocenters. The lowest BCUT2D eigenvalue weighted by molar-refractivity contribution is -0.117. The molecule has 12 heteroatoms. The standard InChI is InChI=1S/C23H28N5O6P/c1-34-22-21-16(12-19(26-22)27-9-6-15(7-10-27)8-11-35(32)33)13-24-28(23(21)31)14-20(30)25-17-2-4-18(29)5-3-17/h2-5,12-13,15,29,32-33H,6-11,14H2,1H3,(H,25,30). The summed E-state index contributed by atoms with van der Waals surface area (Å²) in [4.78, 5) is 50.5. The molecule has 0 bridgehead atoms. The summed E-state index contributed by atoms with van der Waals surface area (Å²) in [6, 6.07) is 7.81. The van der Waals surface area contributed by atoms with E-state index in [1.807, 2.05) is 0 Å². The van der Waals surface area contributed by atoms with Gasteiger partial charge in [-0.2, -0.15) is 10.1 Å². The molecule has 35 heavy (non-hydrogen) atoms. The highest BCUT2D eigenvalue weighted by Crippen LogP contribution is 2.32. The number of aromatic hydroxyl groups is 1. The average molecular weight is 501 g/mol. The van der Waals surface area contributed by atoms with Gasteiger partial charge in [-0.15, -0.1) is 0 Å². The van der Waals surface area contributed by atoms with E-state index < -0.39 is 19.8 Å². The highest BCUT2D eigenvalue weighted by Gasteiger charge is 2.23. The Morgan fingerprint density at radius 2 is 1.94 bits per heavy atom. The Morgan fingerprint density at radius 3 is 2.60 bits per heavy atom. The van der Waals surface area contributed by atoms with Gasteiger partial charge in [0.25, 0.3) is 5.56 Å². The van der Waals surface area contributed by atoms with Crippen LogP contribution in [0.2, 0.25) is 0 Å². The Balaban J connectivity index is 1.50. The molecule has 0 radical (unpaired) electrons. The van der Waals surface area contributed by atoms with Crippen LogP contribution < -0.4 is 20.5 Å². The van der Waals surface area contributed by atoms with Crippen LogP contribution in [0.4, 0.5) is 11.5 Å². The largest absolute Gasteiger partial charge is 0.508 e. The van der Waals surface area contributed by atoms with Crippen molar-refractivity contribution < 1.29 is 24.4 Å². The molecule has 0 atom stereocenters. The topological polar surface area (TPSA) is 150 Å². The number of benzene rings is 1. The number of carbonyl (C=O) groups is 1. The molecule has 186 valence electrons. The fourth-order valence-electron chi connectivity index (χ4n) is 4.21. The third kappa shape index (κ3) is 6.05. The number of carbonyl (C=O) groups excluding carboxylic acids is 1. The van der Waals surface area contributed by atoms with Crippen molar-refractivity contribution in [2.45, 2.75) is 25.8 Å². The van der Waals surface area contributed by atoms with Gasteiger partial charge in [0, 0.05) is 30.3 Å². The summed E-state index contributed by atoms with van der Waals surface area (Å²) >= 11 is 0. The summed E-state index contributed by atoms with van der Waals surface area (Å²) < 4.78 is 6.50. The summed E-state index contributed by atoms with van der Waals surface area (Å²) in [5, 5.41) is 17.0. The predicted molar refractivity (Wildman–Crippen MR) is 133 cm³/mol. The molecule has 0 saturated carbocycles. The summed E-state index contributed by atoms with van der Waals surface area (Å²) in [5.74, 6) is 0.945. The van der Waals surface area contributed by atoms with Crippen LogP contribution in [0.15, 0.2) is 41.3 Å². The molecule has 4 rings (SSSR count). The first-order chi connectivity index (χ1) is 16.8. The number of pyridine rings is 1. The van der Waals surface area contributed by atoms with Gasteiger partial charge in [0.2, 0.25) is 11.8 Å². The van der Waals surface area contributed by atoms with Crippen molar-refractivity contribution in [3.63, 3.8) is 0 Å². The van der Waals surface area contributed by atoms with Crippen molar-refractivity contribution in [2.24, 2.45) is 5.92 Å². The second-order valence-corrected chi connectivity index (χ2v) is 9.66. The average Bonchev–Trinajstić information content (AvgIpc) is 2.85. The number of phenolic OH excluding ortho intramolecular Hbond substituents is 1. The normalized spacial score (nSPS) is 14.5. The van der Waals surface area contributed by atoms with Gasteiger partial charge >= 0.3 is 0 Å². The maximum Gasteiger partial charge on any atom is 0.280 e. The Bertz CT molecular complexity index is 1240. The monoisotopic (exact) mass is 501 g/mol. The first-order valence-electron chi connectivity index (χ1n) is 11.3. The number of phenols is 1. The molecule has 3 heterocycles. The number of fused-ring (bicyclic) bond motifs is 1. The fourth-order valence-corrected chi connectivity index (χ4v) is 4.81. The van der Waals surface area contributed by atoms with Crippen LogP contribution in [0.5, 0.6) is 11.6 Å². The Kier molecular flexibility index (Phi) is 7.80. The van der Waals surface area contributed by atoms with Gasteiger partial charge in [-0.3, -0.25) is 9.59 Å². The second-order valence-electron chi connectivity index (χ2n) is 8.47. The van der Waals surface area contributed by atoms with E-state index >= 15 is 0 Å². The van der Waals surface area contributed by atoms with Gasteiger partial charge in [-0.25, -0.2) is 4.68 Å². The molecular formula is C23H28N5O6P. The summed E-state index contributed by atoms with van der Waals surface area (Å²) in [6.45, 7) is 1.24. The Hall–Kier alpha value is -3.27. The lowest BCUT2D eigenvalue weighted by Crippen LogP contribution is -2.34. The van der Waals surface area contributed by atoms with E-state index in [4.69, 9.17) is 14.5 Å². The van der Waals surface area contributed by atoms with Crippen LogP contribution in [0.1, 0.15) is 19.3 Å². The van der Waals surface area contributed by atoms with Crippen molar-refractivity contribution >= 4 is 36.6 Å². The zero-order valence-corrected chi connectivity index (χ0v) is 20.2. The van der Waals surface area contributed by atoms with Crippen LogP contribution in [0.3, 0.4) is 0 Å². The fraction of sp³-hybridized carbons (Fsp3) is 0.391. The highest BCUT2D eigenvalue weighted by atomic mass is 31.2. The van der Waals surface area contributed by atoms with Crippen molar-refractivity contribution in [3.8, 4) is 11.6 Å². The summed E-state index contributed by atoms with van der Waals surface area (Å²) in [7, 11) is -0.402. The van der Waals surface area contributed by atoms with Crippen LogP contribution in [-0.2, 0) is 11.3 Å². The molecule has 1 aliphatic heterocycles. The number of methoxy groups -OCH3 is 1. The SMILES string of the molecule is COc1nc(N2CCC(CCP(O)O)CC2)cc2cnn(CC(=O)Nc3ccc(O)cc3)c(=O)c12. The third-order valence-corrected chi connectivity index (χ3v) is 6.76. The van der Waals surface area contributed by atoms with E-state index in [0.29, 0.717) is 29.0 Å². The number of anilines is 2. The smallest absolute Gasteiger partial charge is 0.280 e. The molecule has 11 nitrogen and oxygen atoms in total. The van der Waals surface area contributed by atoms with Crippen molar-refractivity contribution in [1.82, 2.24) is 14.8 Å². The van der Waals surface area contributed by atoms with E-state index in [2.05, 4.69) is 20.3 Å². The summed E-state index contributed by atoms with van der Waals surface area (Å²) in [5.41, 5.74) is 0.00488. The van der Waals surface area contributed by atoms with Gasteiger partial charge < -0.3 is 29.8 Å². The number of nitrogens with zero attached hydrogens (tertiary/aromatic N) is 4. The highest BCUT2D eigenvalue weighted by molar-refractivity contribution is 7.45. The second kappa shape index (κ2) is 11.0. The molecule has 1 saturated heterocycles. The van der Waals surface area contributed by atoms with E-state index in [1.165, 1.54) is 25.4 Å². The molecule has 3 aromatic rings. The number of nitrogens with one attached hydrogen (secondary N) is 1. The van der Waals surface area contributed by atoms with Crippen LogP contribution >= 0.6 is 8.38 Å². The van der Waals surface area contributed by atoms with Gasteiger partial charge in [0.05, 0.1) is 13.3 Å². The molecule has 2 aromatic heterocycles. The number of aromatic nitrogens is 3. The maximum atomic E-state index is 13.1. The first kappa shape index (κ1) is 24.8. The van der Waals surface area contributed by atoms with E-state index in [1.54, 1.807) is 18.2 Å². The predicted octanol–water partition coefficient (Wildman–Crippen LogP) is 2.05. The van der Waals surface area contributed by atoms with Crippen molar-refractivity contribution in [2.75, 3.05) is 36.6 Å². The van der Waals surface area contributed by atoms with E-state index in [9.17, 15) is 14.7 Å². The number of ether oxygens (including phenoxy) is 1. The lowest BCUT2D eigenvalue weighted by Gasteiger charge is -2.33. The number of piperidine rings is 1.